The van der Waals surface area contributed by atoms with Crippen molar-refractivity contribution in [2.75, 3.05) is 52.6 Å². The van der Waals surface area contributed by atoms with E-state index in [1.165, 1.54) is 6.07 Å². The molecule has 3 saturated heterocycles. The van der Waals surface area contributed by atoms with Gasteiger partial charge in [-0.2, -0.15) is 5.10 Å². The summed E-state index contributed by atoms with van der Waals surface area (Å²) in [5.74, 6) is -0.523. The van der Waals surface area contributed by atoms with E-state index in [1.807, 2.05) is 4.68 Å². The standard InChI is InChI=1S/C24H29FN4O4S/c25-20-3-1-2-18-22-19(15-34(31)23(18)20)21(24(30)27-8-12-33-13-9-27)26-29(22)17-4-7-28(14-17)16-5-10-32-11-6-16/h1-3,16-17H,4-15H2/t17-,34?/m1/s1. The molecule has 0 saturated carbocycles. The molecule has 3 fully saturated rings. The number of aromatic nitrogens is 2. The van der Waals surface area contributed by atoms with Gasteiger partial charge in [-0.05, 0) is 25.3 Å². The van der Waals surface area contributed by atoms with Gasteiger partial charge in [0.25, 0.3) is 5.91 Å². The summed E-state index contributed by atoms with van der Waals surface area (Å²) in [6, 6.07) is 5.37. The van der Waals surface area contributed by atoms with E-state index in [0.717, 1.165) is 51.3 Å². The maximum atomic E-state index is 14.8. The Bertz CT molecular complexity index is 1130. The van der Waals surface area contributed by atoms with Crippen molar-refractivity contribution < 1.29 is 22.9 Å². The van der Waals surface area contributed by atoms with Crippen molar-refractivity contribution in [3.05, 3.63) is 35.3 Å². The SMILES string of the molecule is O=C(c1nn([C@@H]2CCN(C3CCOCC3)C2)c2c1CS(=O)c1c(F)cccc1-2)N1CCOCC1. The van der Waals surface area contributed by atoms with Crippen molar-refractivity contribution in [3.8, 4) is 11.3 Å². The average molecular weight is 489 g/mol. The van der Waals surface area contributed by atoms with Crippen LogP contribution in [0.3, 0.4) is 0 Å². The van der Waals surface area contributed by atoms with Crippen molar-refractivity contribution in [3.63, 3.8) is 0 Å². The second-order valence-electron chi connectivity index (χ2n) is 9.41. The maximum absolute atomic E-state index is 14.8. The number of rotatable bonds is 3. The lowest BCUT2D eigenvalue weighted by Crippen LogP contribution is -2.41. The zero-order valence-electron chi connectivity index (χ0n) is 19.1. The Balaban J connectivity index is 1.41. The number of carbonyl (C=O) groups excluding carboxylic acids is 1. The summed E-state index contributed by atoms with van der Waals surface area (Å²) >= 11 is 0. The average Bonchev–Trinajstić information content (AvgIpc) is 3.50. The Hall–Kier alpha value is -2.14. The fourth-order valence-electron chi connectivity index (χ4n) is 5.72. The predicted molar refractivity (Wildman–Crippen MR) is 124 cm³/mol. The third-order valence-electron chi connectivity index (χ3n) is 7.48. The molecule has 2 atom stereocenters. The minimum absolute atomic E-state index is 0.0745. The van der Waals surface area contributed by atoms with Crippen LogP contribution in [0.25, 0.3) is 11.3 Å². The van der Waals surface area contributed by atoms with Crippen molar-refractivity contribution in [1.29, 1.82) is 0 Å². The second kappa shape index (κ2) is 9.14. The van der Waals surface area contributed by atoms with Crippen LogP contribution in [0.2, 0.25) is 0 Å². The van der Waals surface area contributed by atoms with Gasteiger partial charge in [-0.3, -0.25) is 18.6 Å². The molecule has 0 bridgehead atoms. The molecule has 1 aromatic heterocycles. The number of carbonyl (C=O) groups is 1. The summed E-state index contributed by atoms with van der Waals surface area (Å²) in [4.78, 5) is 18.0. The number of morpholine rings is 1. The number of hydrogen-bond donors (Lipinski definition) is 0. The third-order valence-corrected chi connectivity index (χ3v) is 8.90. The fourth-order valence-corrected chi connectivity index (χ4v) is 7.10. The zero-order valence-corrected chi connectivity index (χ0v) is 19.9. The highest BCUT2D eigenvalue weighted by Crippen LogP contribution is 2.42. The Kier molecular flexibility index (Phi) is 6.00. The topological polar surface area (TPSA) is 76.9 Å². The van der Waals surface area contributed by atoms with Gasteiger partial charge in [0.05, 0.1) is 46.4 Å². The quantitative estimate of drug-likeness (QED) is 0.660. The normalized spacial score (nSPS) is 25.9. The van der Waals surface area contributed by atoms with E-state index >= 15 is 0 Å². The van der Waals surface area contributed by atoms with Gasteiger partial charge >= 0.3 is 0 Å². The molecule has 1 unspecified atom stereocenters. The van der Waals surface area contributed by atoms with Crippen molar-refractivity contribution >= 4 is 16.7 Å². The molecular weight excluding hydrogens is 459 g/mol. The molecule has 1 aromatic carbocycles. The van der Waals surface area contributed by atoms with E-state index < -0.39 is 16.6 Å². The fraction of sp³-hybridized carbons (Fsp3) is 0.583. The molecule has 4 aliphatic rings. The first-order valence-corrected chi connectivity index (χ1v) is 13.4. The van der Waals surface area contributed by atoms with E-state index in [9.17, 15) is 13.4 Å². The first-order chi connectivity index (χ1) is 16.6. The van der Waals surface area contributed by atoms with E-state index in [2.05, 4.69) is 4.90 Å². The van der Waals surface area contributed by atoms with Gasteiger partial charge in [-0.25, -0.2) is 4.39 Å². The van der Waals surface area contributed by atoms with Crippen LogP contribution in [0.5, 0.6) is 0 Å². The number of likely N-dealkylation sites (tertiary alicyclic amines) is 1. The summed E-state index contributed by atoms with van der Waals surface area (Å²) < 4.78 is 40.7. The number of amides is 1. The highest BCUT2D eigenvalue weighted by molar-refractivity contribution is 7.84. The Morgan fingerprint density at radius 3 is 2.59 bits per heavy atom. The van der Waals surface area contributed by atoms with Gasteiger partial charge in [0.1, 0.15) is 5.82 Å². The molecule has 1 amide bonds. The minimum atomic E-state index is -1.57. The van der Waals surface area contributed by atoms with Crippen molar-refractivity contribution in [2.24, 2.45) is 0 Å². The monoisotopic (exact) mass is 488 g/mol. The first kappa shape index (κ1) is 22.3. The number of fused-ring (bicyclic) bond motifs is 3. The van der Waals surface area contributed by atoms with Gasteiger partial charge in [0.2, 0.25) is 0 Å². The largest absolute Gasteiger partial charge is 0.381 e. The van der Waals surface area contributed by atoms with Crippen LogP contribution in [0, 0.1) is 5.82 Å². The van der Waals surface area contributed by atoms with Crippen molar-refractivity contribution in [2.45, 2.75) is 42.0 Å². The lowest BCUT2D eigenvalue weighted by Gasteiger charge is -2.31. The van der Waals surface area contributed by atoms with E-state index in [-0.39, 0.29) is 22.6 Å². The molecule has 182 valence electrons. The number of benzene rings is 1. The smallest absolute Gasteiger partial charge is 0.274 e. The van der Waals surface area contributed by atoms with Crippen molar-refractivity contribution in [1.82, 2.24) is 19.6 Å². The van der Waals surface area contributed by atoms with Gasteiger partial charge in [-0.1, -0.05) is 12.1 Å². The molecule has 10 heteroatoms. The molecule has 0 N–H and O–H groups in total. The summed E-state index contributed by atoms with van der Waals surface area (Å²) in [7, 11) is -1.57. The van der Waals surface area contributed by atoms with Gasteiger partial charge in [0.15, 0.2) is 5.69 Å². The van der Waals surface area contributed by atoms with Crippen LogP contribution in [-0.2, 0) is 26.0 Å². The van der Waals surface area contributed by atoms with Gasteiger partial charge in [-0.15, -0.1) is 0 Å². The van der Waals surface area contributed by atoms with Crippen LogP contribution >= 0.6 is 0 Å². The highest BCUT2D eigenvalue weighted by Gasteiger charge is 2.39. The first-order valence-electron chi connectivity index (χ1n) is 12.1. The molecule has 6 rings (SSSR count). The summed E-state index contributed by atoms with van der Waals surface area (Å²) in [5.41, 5.74) is 2.38. The highest BCUT2D eigenvalue weighted by atomic mass is 32.2. The Morgan fingerprint density at radius 2 is 1.79 bits per heavy atom. The molecule has 5 heterocycles. The number of nitrogens with zero attached hydrogens (tertiary/aromatic N) is 4. The van der Waals surface area contributed by atoms with E-state index in [4.69, 9.17) is 14.6 Å². The lowest BCUT2D eigenvalue weighted by molar-refractivity contribution is 0.0297. The van der Waals surface area contributed by atoms with Crippen LogP contribution in [0.1, 0.15) is 41.4 Å². The molecular formula is C24H29FN4O4S. The number of halogens is 1. The lowest BCUT2D eigenvalue weighted by atomic mass is 10.0. The van der Waals surface area contributed by atoms with E-state index in [0.29, 0.717) is 49.2 Å². The van der Waals surface area contributed by atoms with Gasteiger partial charge in [0, 0.05) is 56.6 Å². The minimum Gasteiger partial charge on any atom is -0.381 e. The molecule has 8 nitrogen and oxygen atoms in total. The number of ether oxygens (including phenoxy) is 2. The molecule has 0 aliphatic carbocycles. The van der Waals surface area contributed by atoms with Crippen LogP contribution in [0.15, 0.2) is 23.1 Å². The maximum Gasteiger partial charge on any atom is 0.274 e. The van der Waals surface area contributed by atoms with Crippen LogP contribution < -0.4 is 0 Å². The van der Waals surface area contributed by atoms with Gasteiger partial charge < -0.3 is 14.4 Å². The van der Waals surface area contributed by atoms with Crippen LogP contribution in [-0.4, -0.2) is 88.3 Å². The summed E-state index contributed by atoms with van der Waals surface area (Å²) in [6.07, 6.45) is 2.96. The molecule has 0 spiro atoms. The Labute approximate surface area is 200 Å². The Morgan fingerprint density at radius 1 is 1.03 bits per heavy atom. The summed E-state index contributed by atoms with van der Waals surface area (Å²) in [6.45, 7) is 5.38. The van der Waals surface area contributed by atoms with E-state index in [1.54, 1.807) is 17.0 Å². The van der Waals surface area contributed by atoms with Crippen LogP contribution in [0.4, 0.5) is 4.39 Å². The molecule has 2 aromatic rings. The summed E-state index contributed by atoms with van der Waals surface area (Å²) in [5, 5.41) is 4.87. The zero-order chi connectivity index (χ0) is 23.2. The molecule has 4 aliphatic heterocycles. The molecule has 34 heavy (non-hydrogen) atoms. The second-order valence-corrected chi connectivity index (χ2v) is 10.8. The number of hydrogen-bond acceptors (Lipinski definition) is 6. The molecule has 0 radical (unpaired) electrons. The predicted octanol–water partition coefficient (Wildman–Crippen LogP) is 2.21. The third kappa shape index (κ3) is 3.80.